The molecule has 2 rings (SSSR count). The molecule has 1 aliphatic rings. The van der Waals surface area contributed by atoms with E-state index in [4.69, 9.17) is 10.5 Å². The summed E-state index contributed by atoms with van der Waals surface area (Å²) in [5.74, 6) is 0.0709. The lowest BCUT2D eigenvalue weighted by Gasteiger charge is -2.35. The van der Waals surface area contributed by atoms with Gasteiger partial charge < -0.3 is 15.4 Å². The number of esters is 1. The number of hydrogen-bond donors (Lipinski definition) is 1. The van der Waals surface area contributed by atoms with Crippen molar-refractivity contribution in [2.45, 2.75) is 39.2 Å². The van der Waals surface area contributed by atoms with Crippen LogP contribution in [0.2, 0.25) is 0 Å². The van der Waals surface area contributed by atoms with Crippen molar-refractivity contribution in [3.8, 4) is 0 Å². The molecule has 1 aromatic rings. The van der Waals surface area contributed by atoms with Crippen LogP contribution in [-0.2, 0) is 16.0 Å². The smallest absolute Gasteiger partial charge is 0.309 e. The summed E-state index contributed by atoms with van der Waals surface area (Å²) < 4.78 is 5.11. The Morgan fingerprint density at radius 2 is 2.20 bits per heavy atom. The van der Waals surface area contributed by atoms with Gasteiger partial charge in [0.2, 0.25) is 0 Å². The molecule has 1 saturated heterocycles. The first-order valence-electron chi connectivity index (χ1n) is 7.35. The largest absolute Gasteiger partial charge is 0.466 e. The van der Waals surface area contributed by atoms with Gasteiger partial charge in [-0.1, -0.05) is 0 Å². The van der Waals surface area contributed by atoms with Crippen molar-refractivity contribution in [2.24, 2.45) is 5.92 Å². The zero-order valence-corrected chi connectivity index (χ0v) is 13.1. The van der Waals surface area contributed by atoms with Crippen molar-refractivity contribution >= 4 is 22.3 Å². The van der Waals surface area contributed by atoms with Gasteiger partial charge in [0, 0.05) is 10.9 Å². The number of nitrogens with two attached hydrogens (primary N) is 1. The molecule has 1 atom stereocenters. The number of hydrogen-bond acceptors (Lipinski definition) is 5. The maximum Gasteiger partial charge on any atom is 0.309 e. The van der Waals surface area contributed by atoms with Crippen LogP contribution < -0.4 is 5.73 Å². The molecule has 0 radical (unpaired) electrons. The summed E-state index contributed by atoms with van der Waals surface area (Å²) in [5.41, 5.74) is 5.77. The summed E-state index contributed by atoms with van der Waals surface area (Å²) >= 11 is 1.67. The molecule has 2 heterocycles. The van der Waals surface area contributed by atoms with Crippen molar-refractivity contribution < 1.29 is 9.53 Å². The second-order valence-electron chi connectivity index (χ2n) is 5.42. The number of thiophene rings is 1. The third-order valence-corrected chi connectivity index (χ3v) is 4.89. The highest BCUT2D eigenvalue weighted by Gasteiger charge is 2.28. The van der Waals surface area contributed by atoms with Crippen LogP contribution in [-0.4, -0.2) is 36.6 Å². The maximum atomic E-state index is 11.7. The highest BCUT2D eigenvalue weighted by atomic mass is 32.1. The van der Waals surface area contributed by atoms with E-state index in [0.29, 0.717) is 12.6 Å². The van der Waals surface area contributed by atoms with E-state index in [0.717, 1.165) is 37.4 Å². The van der Waals surface area contributed by atoms with E-state index in [1.54, 1.807) is 11.3 Å². The molecule has 0 spiro atoms. The summed E-state index contributed by atoms with van der Waals surface area (Å²) in [6, 6.07) is 4.58. The molecule has 5 heteroatoms. The number of piperidine rings is 1. The zero-order valence-electron chi connectivity index (χ0n) is 12.3. The summed E-state index contributed by atoms with van der Waals surface area (Å²) in [7, 11) is 0. The van der Waals surface area contributed by atoms with Crippen LogP contribution in [0.15, 0.2) is 12.1 Å². The molecule has 0 bridgehead atoms. The van der Waals surface area contributed by atoms with Crippen LogP contribution in [0.3, 0.4) is 0 Å². The fourth-order valence-corrected chi connectivity index (χ4v) is 3.66. The Hall–Kier alpha value is -1.07. The molecule has 2 N–H and O–H groups in total. The molecule has 20 heavy (non-hydrogen) atoms. The van der Waals surface area contributed by atoms with E-state index in [1.165, 1.54) is 4.88 Å². The third-order valence-electron chi connectivity index (χ3n) is 3.95. The lowest BCUT2D eigenvalue weighted by atomic mass is 9.95. The molecule has 1 aromatic heterocycles. The lowest BCUT2D eigenvalue weighted by molar-refractivity contribution is -0.149. The summed E-state index contributed by atoms with van der Waals surface area (Å²) in [5, 5.41) is 0.883. The molecule has 1 unspecified atom stereocenters. The number of ether oxygens (including phenoxy) is 1. The highest BCUT2D eigenvalue weighted by Crippen LogP contribution is 2.24. The van der Waals surface area contributed by atoms with Gasteiger partial charge in [0.1, 0.15) is 0 Å². The Kier molecular flexibility index (Phi) is 5.43. The van der Waals surface area contributed by atoms with Gasteiger partial charge in [-0.3, -0.25) is 4.79 Å². The number of carbonyl (C=O) groups excluding carboxylic acids is 1. The fraction of sp³-hybridized carbons (Fsp3) is 0.667. The SMILES string of the molecule is CCOC(=O)C1CCN(C(C)Cc2ccc(N)s2)CC1. The Bertz CT molecular complexity index is 439. The van der Waals surface area contributed by atoms with Crippen LogP contribution in [0.1, 0.15) is 31.6 Å². The summed E-state index contributed by atoms with van der Waals surface area (Å²) in [6.07, 6.45) is 2.86. The second kappa shape index (κ2) is 7.09. The number of carbonyl (C=O) groups is 1. The van der Waals surface area contributed by atoms with Gasteiger partial charge >= 0.3 is 5.97 Å². The van der Waals surface area contributed by atoms with E-state index < -0.39 is 0 Å². The lowest BCUT2D eigenvalue weighted by Crippen LogP contribution is -2.42. The molecular weight excluding hydrogens is 272 g/mol. The number of anilines is 1. The normalized spacial score (nSPS) is 18.9. The van der Waals surface area contributed by atoms with Crippen LogP contribution in [0.5, 0.6) is 0 Å². The van der Waals surface area contributed by atoms with E-state index >= 15 is 0 Å². The number of likely N-dealkylation sites (tertiary alicyclic amines) is 1. The predicted octanol–water partition coefficient (Wildman–Crippen LogP) is 2.54. The molecule has 112 valence electrons. The van der Waals surface area contributed by atoms with E-state index in [9.17, 15) is 4.79 Å². The molecule has 1 aliphatic heterocycles. The average molecular weight is 296 g/mol. The predicted molar refractivity (Wildman–Crippen MR) is 82.8 cm³/mol. The molecular formula is C15H24N2O2S. The first-order valence-corrected chi connectivity index (χ1v) is 8.16. The van der Waals surface area contributed by atoms with Gasteiger partial charge in [-0.25, -0.2) is 0 Å². The average Bonchev–Trinajstić information content (AvgIpc) is 2.84. The number of rotatable bonds is 5. The Morgan fingerprint density at radius 1 is 1.50 bits per heavy atom. The monoisotopic (exact) mass is 296 g/mol. The van der Waals surface area contributed by atoms with E-state index in [-0.39, 0.29) is 11.9 Å². The van der Waals surface area contributed by atoms with Gasteiger partial charge in [0.05, 0.1) is 17.5 Å². The molecule has 0 amide bonds. The Balaban J connectivity index is 1.79. The highest BCUT2D eigenvalue weighted by molar-refractivity contribution is 7.15. The maximum absolute atomic E-state index is 11.7. The topological polar surface area (TPSA) is 55.6 Å². The van der Waals surface area contributed by atoms with Crippen molar-refractivity contribution in [1.82, 2.24) is 4.90 Å². The van der Waals surface area contributed by atoms with Crippen molar-refractivity contribution in [3.63, 3.8) is 0 Å². The van der Waals surface area contributed by atoms with Crippen LogP contribution in [0.25, 0.3) is 0 Å². The zero-order chi connectivity index (χ0) is 14.5. The second-order valence-corrected chi connectivity index (χ2v) is 6.62. The minimum absolute atomic E-state index is 0.0224. The first-order chi connectivity index (χ1) is 9.60. The van der Waals surface area contributed by atoms with Crippen LogP contribution >= 0.6 is 11.3 Å². The van der Waals surface area contributed by atoms with Gasteiger partial charge in [0.25, 0.3) is 0 Å². The van der Waals surface area contributed by atoms with Crippen molar-refractivity contribution in [3.05, 3.63) is 17.0 Å². The van der Waals surface area contributed by atoms with Gasteiger partial charge in [-0.05, 0) is 58.3 Å². The minimum Gasteiger partial charge on any atom is -0.466 e. The molecule has 1 fully saturated rings. The summed E-state index contributed by atoms with van der Waals surface area (Å²) in [4.78, 5) is 15.5. The molecule has 0 aliphatic carbocycles. The van der Waals surface area contributed by atoms with Crippen LogP contribution in [0, 0.1) is 5.92 Å². The quantitative estimate of drug-likeness (QED) is 0.848. The van der Waals surface area contributed by atoms with E-state index in [2.05, 4.69) is 17.9 Å². The standard InChI is InChI=1S/C15H24N2O2S/c1-3-19-15(18)12-6-8-17(9-7-12)11(2)10-13-4-5-14(16)20-13/h4-5,11-12H,3,6-10,16H2,1-2H3. The van der Waals surface area contributed by atoms with Gasteiger partial charge in [-0.15, -0.1) is 11.3 Å². The molecule has 4 nitrogen and oxygen atoms in total. The fourth-order valence-electron chi connectivity index (χ4n) is 2.76. The van der Waals surface area contributed by atoms with Crippen LogP contribution in [0.4, 0.5) is 5.00 Å². The number of nitrogens with zero attached hydrogens (tertiary/aromatic N) is 1. The van der Waals surface area contributed by atoms with Gasteiger partial charge in [0.15, 0.2) is 0 Å². The third kappa shape index (κ3) is 3.96. The summed E-state index contributed by atoms with van der Waals surface area (Å²) in [6.45, 7) is 6.55. The first kappa shape index (κ1) is 15.3. The van der Waals surface area contributed by atoms with Gasteiger partial charge in [-0.2, -0.15) is 0 Å². The molecule has 0 aromatic carbocycles. The molecule has 0 saturated carbocycles. The Labute approximate surface area is 124 Å². The number of nitrogen functional groups attached to an aromatic ring is 1. The minimum atomic E-state index is -0.0224. The van der Waals surface area contributed by atoms with E-state index in [1.807, 2.05) is 13.0 Å². The van der Waals surface area contributed by atoms with Crippen molar-refractivity contribution in [2.75, 3.05) is 25.4 Å². The Morgan fingerprint density at radius 3 is 2.75 bits per heavy atom. The van der Waals surface area contributed by atoms with Crippen molar-refractivity contribution in [1.29, 1.82) is 0 Å².